The SMILES string of the molecule is CC[C@H](N)C(=O)Nc1ccc(C(F)(F)F)cc1[N+](=O)[O-]. The summed E-state index contributed by atoms with van der Waals surface area (Å²) in [6.45, 7) is 1.63. The fraction of sp³-hybridized carbons (Fsp3) is 0.364. The molecule has 0 spiro atoms. The standard InChI is InChI=1S/C11H12F3N3O3/c1-2-7(15)10(18)16-8-4-3-6(11(12,13)14)5-9(8)17(19)20/h3-5,7H,2,15H2,1H3,(H,16,18)/t7-/m0/s1. The van der Waals surface area contributed by atoms with Gasteiger partial charge >= 0.3 is 6.18 Å². The lowest BCUT2D eigenvalue weighted by Crippen LogP contribution is -2.35. The molecule has 0 heterocycles. The maximum Gasteiger partial charge on any atom is 0.416 e. The highest BCUT2D eigenvalue weighted by molar-refractivity contribution is 5.96. The molecule has 110 valence electrons. The van der Waals surface area contributed by atoms with Gasteiger partial charge in [0.1, 0.15) is 5.69 Å². The number of nitro groups is 1. The van der Waals surface area contributed by atoms with Gasteiger partial charge in [0.2, 0.25) is 5.91 Å². The molecule has 0 saturated carbocycles. The number of nitrogens with one attached hydrogen (secondary N) is 1. The smallest absolute Gasteiger partial charge is 0.320 e. The number of nitro benzene ring substituents is 1. The van der Waals surface area contributed by atoms with Crippen molar-refractivity contribution in [1.29, 1.82) is 0 Å². The Bertz CT molecular complexity index is 531. The van der Waals surface area contributed by atoms with E-state index in [9.17, 15) is 28.1 Å². The fourth-order valence-corrected chi connectivity index (χ4v) is 1.38. The molecule has 6 nitrogen and oxygen atoms in total. The van der Waals surface area contributed by atoms with Gasteiger partial charge in [-0.2, -0.15) is 13.2 Å². The number of carbonyl (C=O) groups is 1. The monoisotopic (exact) mass is 291 g/mol. The number of benzene rings is 1. The summed E-state index contributed by atoms with van der Waals surface area (Å²) in [5, 5.41) is 12.9. The number of nitrogens with zero attached hydrogens (tertiary/aromatic N) is 1. The van der Waals surface area contributed by atoms with Gasteiger partial charge in [0, 0.05) is 6.07 Å². The van der Waals surface area contributed by atoms with Gasteiger partial charge in [-0.3, -0.25) is 14.9 Å². The minimum Gasteiger partial charge on any atom is -0.320 e. The zero-order valence-corrected chi connectivity index (χ0v) is 10.4. The van der Waals surface area contributed by atoms with Crippen molar-refractivity contribution < 1.29 is 22.9 Å². The van der Waals surface area contributed by atoms with Crippen molar-refractivity contribution in [1.82, 2.24) is 0 Å². The molecular formula is C11H12F3N3O3. The van der Waals surface area contributed by atoms with E-state index >= 15 is 0 Å². The summed E-state index contributed by atoms with van der Waals surface area (Å²) in [5.41, 5.74) is 3.10. The minimum absolute atomic E-state index is 0.292. The summed E-state index contributed by atoms with van der Waals surface area (Å²) in [4.78, 5) is 21.3. The molecule has 1 aromatic rings. The maximum absolute atomic E-state index is 12.5. The van der Waals surface area contributed by atoms with Crippen LogP contribution in [0.25, 0.3) is 0 Å². The Kier molecular flexibility index (Phi) is 4.66. The third-order valence-corrected chi connectivity index (χ3v) is 2.56. The van der Waals surface area contributed by atoms with E-state index in [1.54, 1.807) is 6.92 Å². The molecule has 0 saturated heterocycles. The Hall–Kier alpha value is -2.16. The minimum atomic E-state index is -4.70. The average Bonchev–Trinajstić information content (AvgIpc) is 2.36. The fourth-order valence-electron chi connectivity index (χ4n) is 1.38. The molecular weight excluding hydrogens is 279 g/mol. The molecule has 0 unspecified atom stereocenters. The van der Waals surface area contributed by atoms with Crippen LogP contribution in [0.2, 0.25) is 0 Å². The van der Waals surface area contributed by atoms with Gasteiger partial charge in [-0.05, 0) is 18.6 Å². The lowest BCUT2D eigenvalue weighted by atomic mass is 10.1. The third kappa shape index (κ3) is 3.67. The Balaban J connectivity index is 3.15. The number of amides is 1. The van der Waals surface area contributed by atoms with E-state index in [0.717, 1.165) is 6.07 Å². The summed E-state index contributed by atoms with van der Waals surface area (Å²) in [7, 11) is 0. The van der Waals surface area contributed by atoms with Gasteiger partial charge < -0.3 is 11.1 Å². The van der Waals surface area contributed by atoms with Crippen LogP contribution in [-0.2, 0) is 11.0 Å². The van der Waals surface area contributed by atoms with Crippen LogP contribution < -0.4 is 11.1 Å². The quantitative estimate of drug-likeness (QED) is 0.656. The van der Waals surface area contributed by atoms with E-state index in [4.69, 9.17) is 5.73 Å². The van der Waals surface area contributed by atoms with Crippen molar-refractivity contribution in [2.45, 2.75) is 25.6 Å². The molecule has 0 aliphatic carbocycles. The number of carbonyl (C=O) groups excluding carboxylic acids is 1. The Morgan fingerprint density at radius 3 is 2.55 bits per heavy atom. The predicted molar refractivity (Wildman–Crippen MR) is 65.0 cm³/mol. The Morgan fingerprint density at radius 1 is 1.50 bits per heavy atom. The highest BCUT2D eigenvalue weighted by Gasteiger charge is 2.33. The van der Waals surface area contributed by atoms with E-state index < -0.39 is 34.3 Å². The van der Waals surface area contributed by atoms with Crippen molar-refractivity contribution in [2.24, 2.45) is 5.73 Å². The van der Waals surface area contributed by atoms with Crippen LogP contribution in [0.4, 0.5) is 24.5 Å². The van der Waals surface area contributed by atoms with E-state index in [0.29, 0.717) is 18.6 Å². The molecule has 1 amide bonds. The highest BCUT2D eigenvalue weighted by Crippen LogP contribution is 2.34. The molecule has 0 aliphatic heterocycles. The first kappa shape index (κ1) is 15.9. The summed E-state index contributed by atoms with van der Waals surface area (Å²) >= 11 is 0. The second-order valence-electron chi connectivity index (χ2n) is 3.99. The van der Waals surface area contributed by atoms with Crippen molar-refractivity contribution in [3.8, 4) is 0 Å². The van der Waals surface area contributed by atoms with E-state index in [2.05, 4.69) is 5.32 Å². The first-order chi connectivity index (χ1) is 9.16. The summed E-state index contributed by atoms with van der Waals surface area (Å²) in [5.74, 6) is -0.699. The predicted octanol–water partition coefficient (Wildman–Crippen LogP) is 2.29. The molecule has 0 bridgehead atoms. The van der Waals surface area contributed by atoms with E-state index in [-0.39, 0.29) is 5.69 Å². The molecule has 0 aromatic heterocycles. The number of rotatable bonds is 4. The van der Waals surface area contributed by atoms with Crippen molar-refractivity contribution >= 4 is 17.3 Å². The van der Waals surface area contributed by atoms with Crippen LogP contribution in [-0.4, -0.2) is 16.9 Å². The summed E-state index contributed by atoms with van der Waals surface area (Å²) < 4.78 is 37.4. The number of hydrogen-bond donors (Lipinski definition) is 2. The van der Waals surface area contributed by atoms with Crippen molar-refractivity contribution in [3.63, 3.8) is 0 Å². The first-order valence-corrected chi connectivity index (χ1v) is 5.59. The van der Waals surface area contributed by atoms with Gasteiger partial charge in [0.05, 0.1) is 16.5 Å². The molecule has 0 aliphatic rings. The number of nitrogens with two attached hydrogens (primary N) is 1. The number of alkyl halides is 3. The Labute approximate surface area is 111 Å². The van der Waals surface area contributed by atoms with Crippen molar-refractivity contribution in [3.05, 3.63) is 33.9 Å². The number of halogens is 3. The number of hydrogen-bond acceptors (Lipinski definition) is 4. The summed E-state index contributed by atoms with van der Waals surface area (Å²) in [6.07, 6.45) is -4.41. The Morgan fingerprint density at radius 2 is 2.10 bits per heavy atom. The molecule has 3 N–H and O–H groups in total. The van der Waals surface area contributed by atoms with Crippen LogP contribution >= 0.6 is 0 Å². The molecule has 1 rings (SSSR count). The van der Waals surface area contributed by atoms with Gasteiger partial charge in [0.15, 0.2) is 0 Å². The maximum atomic E-state index is 12.5. The van der Waals surface area contributed by atoms with Gasteiger partial charge in [0.25, 0.3) is 5.69 Å². The average molecular weight is 291 g/mol. The van der Waals surface area contributed by atoms with Crippen molar-refractivity contribution in [2.75, 3.05) is 5.32 Å². The van der Waals surface area contributed by atoms with E-state index in [1.807, 2.05) is 0 Å². The molecule has 0 fully saturated rings. The molecule has 20 heavy (non-hydrogen) atoms. The van der Waals surface area contributed by atoms with E-state index in [1.165, 1.54) is 0 Å². The zero-order valence-electron chi connectivity index (χ0n) is 10.4. The normalized spacial score (nSPS) is 12.8. The largest absolute Gasteiger partial charge is 0.416 e. The van der Waals surface area contributed by atoms with Crippen LogP contribution in [0.15, 0.2) is 18.2 Å². The second kappa shape index (κ2) is 5.87. The lowest BCUT2D eigenvalue weighted by Gasteiger charge is -2.12. The van der Waals surface area contributed by atoms with Crippen LogP contribution in [0, 0.1) is 10.1 Å². The molecule has 0 radical (unpaired) electrons. The second-order valence-corrected chi connectivity index (χ2v) is 3.99. The zero-order chi connectivity index (χ0) is 15.5. The lowest BCUT2D eigenvalue weighted by molar-refractivity contribution is -0.384. The van der Waals surface area contributed by atoms with Crippen LogP contribution in [0.3, 0.4) is 0 Å². The summed E-state index contributed by atoms with van der Waals surface area (Å²) in [6, 6.07) is 0.964. The highest BCUT2D eigenvalue weighted by atomic mass is 19.4. The van der Waals surface area contributed by atoms with Gasteiger partial charge in [-0.15, -0.1) is 0 Å². The molecule has 9 heteroatoms. The first-order valence-electron chi connectivity index (χ1n) is 5.59. The van der Waals surface area contributed by atoms with Crippen LogP contribution in [0.1, 0.15) is 18.9 Å². The topological polar surface area (TPSA) is 98.3 Å². The molecule has 1 atom stereocenters. The molecule has 1 aromatic carbocycles. The van der Waals surface area contributed by atoms with Gasteiger partial charge in [-0.1, -0.05) is 6.92 Å². The van der Waals surface area contributed by atoms with Crippen LogP contribution in [0.5, 0.6) is 0 Å². The number of anilines is 1. The van der Waals surface area contributed by atoms with Gasteiger partial charge in [-0.25, -0.2) is 0 Å². The third-order valence-electron chi connectivity index (χ3n) is 2.56.